The van der Waals surface area contributed by atoms with E-state index in [9.17, 15) is 0 Å². The van der Waals surface area contributed by atoms with Gasteiger partial charge < -0.3 is 0 Å². The van der Waals surface area contributed by atoms with Crippen molar-refractivity contribution in [1.82, 2.24) is 0 Å². The molecule has 0 fully saturated rings. The van der Waals surface area contributed by atoms with E-state index < -0.39 is 0 Å². The van der Waals surface area contributed by atoms with Gasteiger partial charge >= 0.3 is 0 Å². The molecule has 0 aromatic rings. The SMILES string of the molecule is C=C(/C=C\C=C/CC)N=CC. The molecule has 0 bridgehead atoms. The van der Waals surface area contributed by atoms with E-state index in [2.05, 4.69) is 24.6 Å². The van der Waals surface area contributed by atoms with E-state index in [1.54, 1.807) is 6.21 Å². The van der Waals surface area contributed by atoms with E-state index in [4.69, 9.17) is 0 Å². The van der Waals surface area contributed by atoms with Crippen LogP contribution in [-0.2, 0) is 0 Å². The maximum Gasteiger partial charge on any atom is 0.0553 e. The first-order valence-corrected chi connectivity index (χ1v) is 3.82. The lowest BCUT2D eigenvalue weighted by Gasteiger charge is -1.84. The Labute approximate surface area is 68.9 Å². The van der Waals surface area contributed by atoms with Crippen LogP contribution in [0.2, 0.25) is 0 Å². The summed E-state index contributed by atoms with van der Waals surface area (Å²) >= 11 is 0. The summed E-state index contributed by atoms with van der Waals surface area (Å²) in [5.41, 5.74) is 0.785. The summed E-state index contributed by atoms with van der Waals surface area (Å²) in [5.74, 6) is 0. The van der Waals surface area contributed by atoms with Gasteiger partial charge in [0.2, 0.25) is 0 Å². The van der Waals surface area contributed by atoms with Crippen molar-refractivity contribution in [3.8, 4) is 0 Å². The highest BCUT2D eigenvalue weighted by atomic mass is 14.7. The molecule has 0 unspecified atom stereocenters. The van der Waals surface area contributed by atoms with E-state index in [0.29, 0.717) is 0 Å². The minimum atomic E-state index is 0.785. The molecule has 0 N–H and O–H groups in total. The van der Waals surface area contributed by atoms with Crippen LogP contribution in [0.3, 0.4) is 0 Å². The number of hydrogen-bond acceptors (Lipinski definition) is 1. The molecule has 0 aromatic carbocycles. The number of hydrogen-bond donors (Lipinski definition) is 0. The van der Waals surface area contributed by atoms with Gasteiger partial charge in [0.25, 0.3) is 0 Å². The molecule has 0 aromatic heterocycles. The Morgan fingerprint density at radius 3 is 2.73 bits per heavy atom. The minimum absolute atomic E-state index is 0.785. The lowest BCUT2D eigenvalue weighted by molar-refractivity contribution is 1.22. The van der Waals surface area contributed by atoms with Gasteiger partial charge in [-0.15, -0.1) is 0 Å². The molecule has 0 atom stereocenters. The number of allylic oxidation sites excluding steroid dienone is 4. The molecule has 1 nitrogen and oxygen atoms in total. The van der Waals surface area contributed by atoms with Gasteiger partial charge in [0.05, 0.1) is 5.70 Å². The quantitative estimate of drug-likeness (QED) is 0.430. The molecule has 1 heteroatoms. The summed E-state index contributed by atoms with van der Waals surface area (Å²) < 4.78 is 0. The van der Waals surface area contributed by atoms with Crippen LogP contribution in [0.1, 0.15) is 20.3 Å². The maximum atomic E-state index is 3.98. The molecule has 0 amide bonds. The zero-order chi connectivity index (χ0) is 8.53. The molecule has 0 aliphatic carbocycles. The molecule has 0 radical (unpaired) electrons. The van der Waals surface area contributed by atoms with Crippen LogP contribution in [0.4, 0.5) is 0 Å². The van der Waals surface area contributed by atoms with E-state index >= 15 is 0 Å². The van der Waals surface area contributed by atoms with Crippen LogP contribution in [0, 0.1) is 0 Å². The first kappa shape index (κ1) is 9.89. The standard InChI is InChI=1S/C10H15N/c1-4-6-7-8-9-10(3)11-5-2/h5-9H,3-4H2,1-2H3/b7-6-,9-8-,11-5?. The van der Waals surface area contributed by atoms with Gasteiger partial charge in [0, 0.05) is 6.21 Å². The number of nitrogens with zero attached hydrogens (tertiary/aromatic N) is 1. The number of aliphatic imine (C=N–C) groups is 1. The van der Waals surface area contributed by atoms with Crippen molar-refractivity contribution in [2.24, 2.45) is 4.99 Å². The molecule has 0 saturated heterocycles. The molecule has 0 rings (SSSR count). The van der Waals surface area contributed by atoms with Crippen molar-refractivity contribution in [2.75, 3.05) is 0 Å². The fourth-order valence-corrected chi connectivity index (χ4v) is 0.590. The second-order valence-electron chi connectivity index (χ2n) is 2.07. The smallest absolute Gasteiger partial charge is 0.0553 e. The van der Waals surface area contributed by atoms with Gasteiger partial charge in [-0.1, -0.05) is 31.7 Å². The van der Waals surface area contributed by atoms with Crippen molar-refractivity contribution in [3.05, 3.63) is 36.6 Å². The van der Waals surface area contributed by atoms with Crippen molar-refractivity contribution >= 4 is 6.21 Å². The minimum Gasteiger partial charge on any atom is -0.262 e. The monoisotopic (exact) mass is 149 g/mol. The highest BCUT2D eigenvalue weighted by molar-refractivity contribution is 5.55. The molecule has 0 heterocycles. The summed E-state index contributed by atoms with van der Waals surface area (Å²) in [6.07, 6.45) is 10.7. The Morgan fingerprint density at radius 2 is 2.18 bits per heavy atom. The normalized spacial score (nSPS) is 12.2. The third-order valence-electron chi connectivity index (χ3n) is 1.07. The largest absolute Gasteiger partial charge is 0.262 e. The van der Waals surface area contributed by atoms with Crippen molar-refractivity contribution in [1.29, 1.82) is 0 Å². The predicted octanol–water partition coefficient (Wildman–Crippen LogP) is 3.11. The molecule has 0 saturated carbocycles. The molecular formula is C10H15N. The van der Waals surface area contributed by atoms with Gasteiger partial charge in [0.15, 0.2) is 0 Å². The second-order valence-corrected chi connectivity index (χ2v) is 2.07. The summed E-state index contributed by atoms with van der Waals surface area (Å²) in [7, 11) is 0. The Bertz CT molecular complexity index is 185. The van der Waals surface area contributed by atoms with Crippen LogP contribution >= 0.6 is 0 Å². The molecule has 60 valence electrons. The third-order valence-corrected chi connectivity index (χ3v) is 1.07. The highest BCUT2D eigenvalue weighted by Crippen LogP contribution is 1.93. The Balaban J connectivity index is 3.74. The van der Waals surface area contributed by atoms with Crippen molar-refractivity contribution < 1.29 is 0 Å². The molecule has 11 heavy (non-hydrogen) atoms. The summed E-state index contributed by atoms with van der Waals surface area (Å²) in [6, 6.07) is 0. The summed E-state index contributed by atoms with van der Waals surface area (Å²) in [4.78, 5) is 3.98. The van der Waals surface area contributed by atoms with Crippen LogP contribution in [-0.4, -0.2) is 6.21 Å². The molecule has 0 aliphatic rings. The zero-order valence-electron chi connectivity index (χ0n) is 7.25. The van der Waals surface area contributed by atoms with Crippen molar-refractivity contribution in [3.63, 3.8) is 0 Å². The molecule has 0 aliphatic heterocycles. The Kier molecular flexibility index (Phi) is 6.30. The zero-order valence-corrected chi connectivity index (χ0v) is 7.25. The highest BCUT2D eigenvalue weighted by Gasteiger charge is 1.74. The van der Waals surface area contributed by atoms with Gasteiger partial charge in [0.1, 0.15) is 0 Å². The van der Waals surface area contributed by atoms with Crippen LogP contribution in [0.25, 0.3) is 0 Å². The van der Waals surface area contributed by atoms with E-state index in [1.165, 1.54) is 0 Å². The van der Waals surface area contributed by atoms with E-state index in [0.717, 1.165) is 12.1 Å². The lowest BCUT2D eigenvalue weighted by atomic mass is 10.3. The van der Waals surface area contributed by atoms with E-state index in [1.807, 2.05) is 25.2 Å². The second kappa shape index (κ2) is 7.00. The topological polar surface area (TPSA) is 12.4 Å². The average molecular weight is 149 g/mol. The molecule has 0 spiro atoms. The van der Waals surface area contributed by atoms with Crippen molar-refractivity contribution in [2.45, 2.75) is 20.3 Å². The third kappa shape index (κ3) is 6.78. The summed E-state index contributed by atoms with van der Waals surface area (Å²) in [5, 5.41) is 0. The predicted molar refractivity (Wildman–Crippen MR) is 51.9 cm³/mol. The van der Waals surface area contributed by atoms with Crippen LogP contribution in [0.5, 0.6) is 0 Å². The first-order chi connectivity index (χ1) is 5.31. The maximum absolute atomic E-state index is 3.98. The van der Waals surface area contributed by atoms with E-state index in [-0.39, 0.29) is 0 Å². The van der Waals surface area contributed by atoms with Crippen LogP contribution < -0.4 is 0 Å². The fraction of sp³-hybridized carbons (Fsp3) is 0.300. The van der Waals surface area contributed by atoms with Crippen LogP contribution in [0.15, 0.2) is 41.6 Å². The lowest BCUT2D eigenvalue weighted by Crippen LogP contribution is -1.66. The number of rotatable bonds is 4. The first-order valence-electron chi connectivity index (χ1n) is 3.82. The average Bonchev–Trinajstić information content (AvgIpc) is 1.99. The van der Waals surface area contributed by atoms with Gasteiger partial charge in [-0.3, -0.25) is 4.99 Å². The fourth-order valence-electron chi connectivity index (χ4n) is 0.590. The Morgan fingerprint density at radius 1 is 1.45 bits per heavy atom. The summed E-state index contributed by atoms with van der Waals surface area (Å²) in [6.45, 7) is 7.70. The van der Waals surface area contributed by atoms with Gasteiger partial charge in [-0.25, -0.2) is 0 Å². The van der Waals surface area contributed by atoms with Gasteiger partial charge in [-0.2, -0.15) is 0 Å². The molecular weight excluding hydrogens is 134 g/mol. The van der Waals surface area contributed by atoms with Gasteiger partial charge in [-0.05, 0) is 19.4 Å². The Hall–Kier alpha value is -1.11.